The van der Waals surface area contributed by atoms with Crippen LogP contribution in [0.4, 0.5) is 0 Å². The molecule has 1 atom stereocenters. The van der Waals surface area contributed by atoms with Gasteiger partial charge in [0.25, 0.3) is 0 Å². The molecule has 1 saturated heterocycles. The summed E-state index contributed by atoms with van der Waals surface area (Å²) in [5, 5.41) is 0. The highest BCUT2D eigenvalue weighted by atomic mass is 16.6. The largest absolute Gasteiger partial charge is 0.466 e. The van der Waals surface area contributed by atoms with Crippen molar-refractivity contribution in [2.24, 2.45) is 0 Å². The summed E-state index contributed by atoms with van der Waals surface area (Å²) in [6.07, 6.45) is 2.12. The predicted octanol–water partition coefficient (Wildman–Crippen LogP) is 3.15. The van der Waals surface area contributed by atoms with Crippen LogP contribution in [0.15, 0.2) is 36.5 Å². The lowest BCUT2D eigenvalue weighted by Crippen LogP contribution is -2.09. The van der Waals surface area contributed by atoms with E-state index >= 15 is 0 Å². The molecule has 7 nitrogen and oxygen atoms in total. The molecule has 0 radical (unpaired) electrons. The van der Waals surface area contributed by atoms with Gasteiger partial charge in [-0.15, -0.1) is 0 Å². The van der Waals surface area contributed by atoms with Crippen LogP contribution in [0.1, 0.15) is 40.5 Å². The maximum absolute atomic E-state index is 10.7. The number of methoxy groups -OCH3 is 1. The van der Waals surface area contributed by atoms with Crippen molar-refractivity contribution < 1.29 is 33.3 Å². The number of hydrogen-bond donors (Lipinski definition) is 0. The SMILES string of the molecule is C=C(C)C(=O)OC.C=C(C)C(=O)OCC1CO1.C=C(C)C(=O)OCCCC. The first-order valence-corrected chi connectivity index (χ1v) is 8.57. The molecule has 0 spiro atoms. The van der Waals surface area contributed by atoms with E-state index in [0.717, 1.165) is 12.8 Å². The van der Waals surface area contributed by atoms with Gasteiger partial charge in [0.1, 0.15) is 12.7 Å². The van der Waals surface area contributed by atoms with Gasteiger partial charge < -0.3 is 18.9 Å². The fourth-order valence-electron chi connectivity index (χ4n) is 1.06. The average Bonchev–Trinajstić information content (AvgIpc) is 3.44. The van der Waals surface area contributed by atoms with Crippen LogP contribution in [0.25, 0.3) is 0 Å². The summed E-state index contributed by atoms with van der Waals surface area (Å²) in [4.78, 5) is 31.6. The highest BCUT2D eigenvalue weighted by molar-refractivity contribution is 5.87. The van der Waals surface area contributed by atoms with E-state index in [4.69, 9.17) is 14.2 Å². The van der Waals surface area contributed by atoms with Crippen molar-refractivity contribution in [1.29, 1.82) is 0 Å². The number of epoxide rings is 1. The summed E-state index contributed by atoms with van der Waals surface area (Å²) in [6.45, 7) is 18.8. The molecule has 1 aliphatic rings. The summed E-state index contributed by atoms with van der Waals surface area (Å²) in [6, 6.07) is 0. The molecule has 0 aromatic heterocycles. The smallest absolute Gasteiger partial charge is 0.333 e. The van der Waals surface area contributed by atoms with E-state index < -0.39 is 0 Å². The summed E-state index contributed by atoms with van der Waals surface area (Å²) in [5.74, 6) is -0.969. The molecule has 0 saturated carbocycles. The van der Waals surface area contributed by atoms with Crippen molar-refractivity contribution in [3.05, 3.63) is 36.5 Å². The van der Waals surface area contributed by atoms with Gasteiger partial charge in [-0.25, -0.2) is 14.4 Å². The van der Waals surface area contributed by atoms with Crippen LogP contribution in [0, 0.1) is 0 Å². The van der Waals surface area contributed by atoms with Gasteiger partial charge in [-0.2, -0.15) is 0 Å². The summed E-state index contributed by atoms with van der Waals surface area (Å²) < 4.78 is 18.7. The minimum Gasteiger partial charge on any atom is -0.466 e. The van der Waals surface area contributed by atoms with E-state index in [9.17, 15) is 14.4 Å². The molecule has 0 aromatic rings. The van der Waals surface area contributed by atoms with Gasteiger partial charge in [-0.3, -0.25) is 0 Å². The van der Waals surface area contributed by atoms with Crippen LogP contribution in [0.2, 0.25) is 0 Å². The molecular formula is C20H32O7. The zero-order valence-corrected chi connectivity index (χ0v) is 17.1. The third-order valence-corrected chi connectivity index (χ3v) is 2.76. The zero-order chi connectivity index (χ0) is 21.4. The van der Waals surface area contributed by atoms with Crippen molar-refractivity contribution in [1.82, 2.24) is 0 Å². The highest BCUT2D eigenvalue weighted by Gasteiger charge is 2.24. The molecule has 1 fully saturated rings. The average molecular weight is 384 g/mol. The maximum atomic E-state index is 10.7. The number of ether oxygens (including phenoxy) is 4. The summed E-state index contributed by atoms with van der Waals surface area (Å²) in [7, 11) is 1.33. The fourth-order valence-corrected chi connectivity index (χ4v) is 1.06. The third kappa shape index (κ3) is 18.2. The Morgan fingerprint density at radius 3 is 1.67 bits per heavy atom. The van der Waals surface area contributed by atoms with E-state index in [2.05, 4.69) is 31.4 Å². The number of esters is 3. The quantitative estimate of drug-likeness (QED) is 0.209. The topological polar surface area (TPSA) is 91.4 Å². The number of unbranched alkanes of at least 4 members (excludes halogenated alkanes) is 1. The van der Waals surface area contributed by atoms with E-state index in [-0.39, 0.29) is 24.0 Å². The van der Waals surface area contributed by atoms with Gasteiger partial charge in [0, 0.05) is 16.7 Å². The summed E-state index contributed by atoms with van der Waals surface area (Å²) >= 11 is 0. The molecular weight excluding hydrogens is 352 g/mol. The zero-order valence-electron chi connectivity index (χ0n) is 17.1. The molecule has 1 rings (SSSR count). The standard InChI is InChI=1S/C8H14O2.C7H10O3.C5H8O2/c1-4-5-6-10-8(9)7(2)3;1-5(2)7(8)10-4-6-3-9-6;1-4(2)5(6)7-3/h2,4-6H2,1,3H3;6H,1,3-4H2,2H3;1H2,2-3H3. The minimum absolute atomic E-state index is 0.142. The van der Waals surface area contributed by atoms with Gasteiger partial charge in [-0.1, -0.05) is 33.1 Å². The molecule has 1 aliphatic heterocycles. The van der Waals surface area contributed by atoms with E-state index in [1.807, 2.05) is 0 Å². The van der Waals surface area contributed by atoms with Gasteiger partial charge in [0.2, 0.25) is 0 Å². The Morgan fingerprint density at radius 1 is 0.926 bits per heavy atom. The van der Waals surface area contributed by atoms with Crippen molar-refractivity contribution >= 4 is 17.9 Å². The van der Waals surface area contributed by atoms with Crippen molar-refractivity contribution in [3.63, 3.8) is 0 Å². The second-order valence-corrected chi connectivity index (χ2v) is 5.88. The van der Waals surface area contributed by atoms with Crippen LogP contribution in [-0.4, -0.2) is 50.9 Å². The fraction of sp³-hybridized carbons (Fsp3) is 0.550. The highest BCUT2D eigenvalue weighted by Crippen LogP contribution is 2.09. The van der Waals surface area contributed by atoms with Crippen LogP contribution in [0.5, 0.6) is 0 Å². The molecule has 1 unspecified atom stereocenters. The van der Waals surface area contributed by atoms with Gasteiger partial charge in [0.15, 0.2) is 0 Å². The van der Waals surface area contributed by atoms with Gasteiger partial charge in [-0.05, 0) is 27.2 Å². The monoisotopic (exact) mass is 384 g/mol. The number of carbonyl (C=O) groups is 3. The Hall–Kier alpha value is -2.41. The summed E-state index contributed by atoms with van der Waals surface area (Å²) in [5.41, 5.74) is 1.33. The molecule has 1 heterocycles. The number of carbonyl (C=O) groups excluding carboxylic acids is 3. The Morgan fingerprint density at radius 2 is 1.37 bits per heavy atom. The normalized spacial score (nSPS) is 13.4. The third-order valence-electron chi connectivity index (χ3n) is 2.76. The van der Waals surface area contributed by atoms with Crippen LogP contribution in [0.3, 0.4) is 0 Å². The van der Waals surface area contributed by atoms with Crippen LogP contribution < -0.4 is 0 Å². The van der Waals surface area contributed by atoms with E-state index in [1.165, 1.54) is 7.11 Å². The molecule has 0 bridgehead atoms. The molecule has 27 heavy (non-hydrogen) atoms. The van der Waals surface area contributed by atoms with Crippen LogP contribution in [-0.2, 0) is 33.3 Å². The maximum Gasteiger partial charge on any atom is 0.333 e. The lowest BCUT2D eigenvalue weighted by molar-refractivity contribution is -0.140. The first-order valence-electron chi connectivity index (χ1n) is 8.57. The first-order chi connectivity index (χ1) is 12.6. The molecule has 0 amide bonds. The molecule has 0 aliphatic carbocycles. The molecule has 7 heteroatoms. The van der Waals surface area contributed by atoms with Crippen molar-refractivity contribution in [2.45, 2.75) is 46.6 Å². The second-order valence-electron chi connectivity index (χ2n) is 5.88. The second kappa shape index (κ2) is 15.8. The Kier molecular flexibility index (Phi) is 15.7. The lowest BCUT2D eigenvalue weighted by atomic mass is 10.3. The van der Waals surface area contributed by atoms with Crippen LogP contribution >= 0.6 is 0 Å². The Labute approximate surface area is 162 Å². The first kappa shape index (κ1) is 26.8. The van der Waals surface area contributed by atoms with E-state index in [0.29, 0.717) is 36.5 Å². The minimum atomic E-state index is -0.347. The van der Waals surface area contributed by atoms with Gasteiger partial charge >= 0.3 is 17.9 Å². The van der Waals surface area contributed by atoms with Crippen molar-refractivity contribution in [2.75, 3.05) is 26.9 Å². The predicted molar refractivity (Wildman–Crippen MR) is 103 cm³/mol. The van der Waals surface area contributed by atoms with E-state index in [1.54, 1.807) is 20.8 Å². The Balaban J connectivity index is 0. The Bertz CT molecular complexity index is 530. The molecule has 0 N–H and O–H groups in total. The molecule has 0 aromatic carbocycles. The number of rotatable bonds is 8. The van der Waals surface area contributed by atoms with Gasteiger partial charge in [0.05, 0.1) is 20.3 Å². The lowest BCUT2D eigenvalue weighted by Gasteiger charge is -2.01. The number of hydrogen-bond acceptors (Lipinski definition) is 7. The van der Waals surface area contributed by atoms with Crippen molar-refractivity contribution in [3.8, 4) is 0 Å². The molecule has 154 valence electrons.